The summed E-state index contributed by atoms with van der Waals surface area (Å²) in [4.78, 5) is 29.0. The van der Waals surface area contributed by atoms with Gasteiger partial charge in [-0.15, -0.1) is 11.3 Å². The number of aromatic nitrogens is 1. The Morgan fingerprint density at radius 2 is 2.41 bits per heavy atom. The van der Waals surface area contributed by atoms with Gasteiger partial charge in [-0.1, -0.05) is 28.4 Å². The molecular weight excluding hydrogens is 289 g/mol. The van der Waals surface area contributed by atoms with Crippen molar-refractivity contribution < 1.29 is 14.4 Å². The predicted molar refractivity (Wildman–Crippen MR) is 65.5 cm³/mol. The molecule has 1 heterocycles. The molecule has 1 aromatic rings. The molecule has 0 unspecified atom stereocenters. The van der Waals surface area contributed by atoms with Gasteiger partial charge in [0.1, 0.15) is 17.8 Å². The first kappa shape index (κ1) is 13.9. The Hall–Kier alpha value is -1.18. The Kier molecular flexibility index (Phi) is 5.33. The first-order valence-electron chi connectivity index (χ1n) is 4.12. The Balaban J connectivity index is 2.96. The number of carbonyl (C=O) groups excluding carboxylic acids is 2. The highest BCUT2D eigenvalue weighted by molar-refractivity contribution is 7.14. The third-order valence-corrected chi connectivity index (χ3v) is 2.64. The van der Waals surface area contributed by atoms with Crippen LogP contribution in [0, 0.1) is 0 Å². The Morgan fingerprint density at radius 3 is 2.94 bits per heavy atom. The minimum Gasteiger partial charge on any atom is -0.398 e. The second-order valence-corrected chi connectivity index (χ2v) is 4.50. The number of amides is 1. The Bertz CT molecular complexity index is 447. The van der Waals surface area contributed by atoms with Crippen LogP contribution in [0.4, 0.5) is 5.00 Å². The number of nitrogens with zero attached hydrogens (tertiary/aromatic N) is 2. The van der Waals surface area contributed by atoms with Gasteiger partial charge in [0, 0.05) is 0 Å². The molecule has 1 N–H and O–H groups in total. The van der Waals surface area contributed by atoms with E-state index in [-0.39, 0.29) is 11.4 Å². The number of oxime groups is 1. The summed E-state index contributed by atoms with van der Waals surface area (Å²) < 4.78 is 0. The van der Waals surface area contributed by atoms with Crippen LogP contribution < -0.4 is 5.32 Å². The van der Waals surface area contributed by atoms with Crippen LogP contribution in [0.3, 0.4) is 0 Å². The summed E-state index contributed by atoms with van der Waals surface area (Å²) in [7, 11) is 1.27. The number of hydrogen-bond acceptors (Lipinski definition) is 6. The fourth-order valence-electron chi connectivity index (χ4n) is 0.871. The Labute approximate surface area is 111 Å². The third-order valence-electron chi connectivity index (χ3n) is 1.51. The van der Waals surface area contributed by atoms with Crippen LogP contribution in [0.2, 0.25) is 0 Å². The van der Waals surface area contributed by atoms with E-state index in [4.69, 9.17) is 23.2 Å². The zero-order chi connectivity index (χ0) is 12.8. The summed E-state index contributed by atoms with van der Waals surface area (Å²) in [5.74, 6) is -0.624. The average molecular weight is 295 g/mol. The molecule has 0 saturated heterocycles. The molecule has 1 aromatic heterocycles. The van der Waals surface area contributed by atoms with Crippen LogP contribution >= 0.6 is 34.5 Å². The molecule has 17 heavy (non-hydrogen) atoms. The molecule has 0 aromatic carbocycles. The summed E-state index contributed by atoms with van der Waals surface area (Å²) in [6.45, 7) is 0. The van der Waals surface area contributed by atoms with E-state index in [0.717, 1.165) is 11.3 Å². The smallest absolute Gasteiger partial charge is 0.259 e. The first-order valence-corrected chi connectivity index (χ1v) is 5.87. The van der Waals surface area contributed by atoms with Crippen molar-refractivity contribution in [1.82, 2.24) is 4.98 Å². The van der Waals surface area contributed by atoms with Crippen LogP contribution in [0.1, 0.15) is 5.69 Å². The maximum absolute atomic E-state index is 11.3. The van der Waals surface area contributed by atoms with E-state index in [1.807, 2.05) is 0 Å². The number of nitrogens with one attached hydrogen (secondary N) is 1. The van der Waals surface area contributed by atoms with Gasteiger partial charge in [-0.3, -0.25) is 9.59 Å². The molecule has 0 aliphatic rings. The van der Waals surface area contributed by atoms with Gasteiger partial charge in [0.2, 0.25) is 0 Å². The van der Waals surface area contributed by atoms with Crippen LogP contribution in [0.25, 0.3) is 0 Å². The van der Waals surface area contributed by atoms with Crippen molar-refractivity contribution in [3.63, 3.8) is 0 Å². The van der Waals surface area contributed by atoms with Gasteiger partial charge in [-0.05, 0) is 0 Å². The molecule has 6 nitrogen and oxygen atoms in total. The highest BCUT2D eigenvalue weighted by atomic mass is 35.5. The number of alkyl halides is 2. The van der Waals surface area contributed by atoms with E-state index in [0.29, 0.717) is 5.00 Å². The number of hydrogen-bond donors (Lipinski definition) is 1. The largest absolute Gasteiger partial charge is 0.398 e. The molecule has 91 valence electrons. The van der Waals surface area contributed by atoms with E-state index in [2.05, 4.69) is 20.3 Å². The highest BCUT2D eigenvalue weighted by Crippen LogP contribution is 2.21. The standard InChI is InChI=1S/C8H6Cl2N3O3S/c1-16-13-4(2-14)5-8(17-3-11-5)12-7(15)6(9)10/h3,6H,1H3,(H,12,15). The quantitative estimate of drug-likeness (QED) is 0.505. The number of carbonyl (C=O) groups is 1. The second kappa shape index (κ2) is 6.53. The lowest BCUT2D eigenvalue weighted by Crippen LogP contribution is -2.19. The molecule has 0 aliphatic carbocycles. The van der Waals surface area contributed by atoms with Gasteiger partial charge in [0.05, 0.1) is 5.51 Å². The molecule has 1 radical (unpaired) electrons. The van der Waals surface area contributed by atoms with Crippen LogP contribution in [-0.2, 0) is 14.4 Å². The molecule has 0 aliphatic heterocycles. The van der Waals surface area contributed by atoms with E-state index >= 15 is 0 Å². The van der Waals surface area contributed by atoms with Crippen molar-refractivity contribution >= 4 is 57.4 Å². The lowest BCUT2D eigenvalue weighted by molar-refractivity contribution is -0.114. The maximum Gasteiger partial charge on any atom is 0.259 e. The van der Waals surface area contributed by atoms with Crippen molar-refractivity contribution in [3.05, 3.63) is 11.2 Å². The first-order chi connectivity index (χ1) is 8.10. The Morgan fingerprint density at radius 1 is 1.71 bits per heavy atom. The van der Waals surface area contributed by atoms with Crippen LogP contribution in [0.5, 0.6) is 0 Å². The molecule has 0 atom stereocenters. The van der Waals surface area contributed by atoms with Gasteiger partial charge >= 0.3 is 0 Å². The van der Waals surface area contributed by atoms with E-state index in [9.17, 15) is 9.59 Å². The SMILES string of the molecule is CON=C([C]=O)c1ncsc1NC(=O)C(Cl)Cl. The molecule has 1 rings (SSSR count). The van der Waals surface area contributed by atoms with Gasteiger partial charge < -0.3 is 10.2 Å². The summed E-state index contributed by atoms with van der Waals surface area (Å²) in [6, 6.07) is 0. The van der Waals surface area contributed by atoms with Gasteiger partial charge in [-0.2, -0.15) is 0 Å². The lowest BCUT2D eigenvalue weighted by atomic mass is 10.3. The summed E-state index contributed by atoms with van der Waals surface area (Å²) in [6.07, 6.45) is 1.55. The second-order valence-electron chi connectivity index (χ2n) is 2.54. The van der Waals surface area contributed by atoms with Gasteiger partial charge in [0.15, 0.2) is 10.5 Å². The summed E-state index contributed by atoms with van der Waals surface area (Å²) in [5.41, 5.74) is 1.41. The normalized spacial score (nSPS) is 11.4. The molecule has 1 amide bonds. The van der Waals surface area contributed by atoms with Crippen molar-refractivity contribution in [1.29, 1.82) is 0 Å². The topological polar surface area (TPSA) is 80.7 Å². The molecule has 0 fully saturated rings. The average Bonchev–Trinajstić information content (AvgIpc) is 2.73. The van der Waals surface area contributed by atoms with Gasteiger partial charge in [-0.25, -0.2) is 4.98 Å². The van der Waals surface area contributed by atoms with Crippen LogP contribution in [-0.4, -0.2) is 34.8 Å². The number of thiazole rings is 1. The van der Waals surface area contributed by atoms with Crippen molar-refractivity contribution in [2.75, 3.05) is 12.4 Å². The van der Waals surface area contributed by atoms with Crippen molar-refractivity contribution in [3.8, 4) is 0 Å². The van der Waals surface area contributed by atoms with Gasteiger partial charge in [0.25, 0.3) is 12.2 Å². The number of halogens is 2. The maximum atomic E-state index is 11.3. The number of anilines is 1. The molecular formula is C8H6Cl2N3O3S. The zero-order valence-corrected chi connectivity index (χ0v) is 10.8. The lowest BCUT2D eigenvalue weighted by Gasteiger charge is -2.03. The summed E-state index contributed by atoms with van der Waals surface area (Å²) >= 11 is 11.8. The molecule has 0 spiro atoms. The van der Waals surface area contributed by atoms with E-state index in [1.165, 1.54) is 12.6 Å². The van der Waals surface area contributed by atoms with E-state index < -0.39 is 10.7 Å². The van der Waals surface area contributed by atoms with Crippen molar-refractivity contribution in [2.45, 2.75) is 4.84 Å². The van der Waals surface area contributed by atoms with E-state index in [1.54, 1.807) is 6.29 Å². The third kappa shape index (κ3) is 3.65. The molecule has 9 heteroatoms. The monoisotopic (exact) mass is 294 g/mol. The number of rotatable bonds is 5. The zero-order valence-electron chi connectivity index (χ0n) is 8.44. The summed E-state index contributed by atoms with van der Waals surface area (Å²) in [5, 5.41) is 6.11. The predicted octanol–water partition coefficient (Wildman–Crippen LogP) is 1.35. The fraction of sp³-hybridized carbons (Fsp3) is 0.250. The minimum absolute atomic E-state index is 0.147. The van der Waals surface area contributed by atoms with Crippen molar-refractivity contribution in [2.24, 2.45) is 5.16 Å². The minimum atomic E-state index is -1.21. The fourth-order valence-corrected chi connectivity index (χ4v) is 1.66. The molecule has 0 saturated carbocycles. The highest BCUT2D eigenvalue weighted by Gasteiger charge is 2.19. The van der Waals surface area contributed by atoms with Crippen LogP contribution in [0.15, 0.2) is 10.7 Å². The molecule has 0 bridgehead atoms.